The number of hydrogen-bond donors (Lipinski definition) is 2. The molecule has 1 saturated carbocycles. The summed E-state index contributed by atoms with van der Waals surface area (Å²) in [5.74, 6) is -0.745. The van der Waals surface area contributed by atoms with E-state index in [1.165, 1.54) is 0 Å². The number of rotatable bonds is 4. The number of carbonyl (C=O) groups is 2. The minimum atomic E-state index is -0.817. The third kappa shape index (κ3) is 3.34. The summed E-state index contributed by atoms with van der Waals surface area (Å²) in [6.45, 7) is 3.47. The van der Waals surface area contributed by atoms with Crippen LogP contribution in [-0.2, 0) is 9.59 Å². The Hall–Kier alpha value is -1.92. The van der Waals surface area contributed by atoms with Crippen LogP contribution in [0.1, 0.15) is 50.4 Å². The number of carboxylic acid groups (broad SMARTS) is 1. The second-order valence-electron chi connectivity index (χ2n) is 5.31. The first-order valence-corrected chi connectivity index (χ1v) is 6.80. The number of nitrogens with zero attached hydrogens (tertiary/aromatic N) is 2. The topological polar surface area (TPSA) is 105 Å². The average molecular weight is 281 g/mol. The van der Waals surface area contributed by atoms with Crippen LogP contribution in [0.5, 0.6) is 0 Å². The maximum absolute atomic E-state index is 12.2. The van der Waals surface area contributed by atoms with Crippen LogP contribution in [0, 0.1) is 18.8 Å². The van der Waals surface area contributed by atoms with Gasteiger partial charge in [-0.2, -0.15) is 4.98 Å². The lowest BCUT2D eigenvalue weighted by molar-refractivity contribution is -0.144. The van der Waals surface area contributed by atoms with E-state index in [0.717, 1.165) is 12.8 Å². The molecule has 1 aromatic rings. The van der Waals surface area contributed by atoms with E-state index in [1.807, 2.05) is 0 Å². The summed E-state index contributed by atoms with van der Waals surface area (Å²) < 4.78 is 5.00. The molecule has 0 saturated heterocycles. The summed E-state index contributed by atoms with van der Waals surface area (Å²) in [5.41, 5.74) is 0. The van der Waals surface area contributed by atoms with E-state index < -0.39 is 11.9 Å². The predicted molar refractivity (Wildman–Crippen MR) is 68.7 cm³/mol. The smallest absolute Gasteiger partial charge is 0.306 e. The van der Waals surface area contributed by atoms with Crippen LogP contribution in [0.25, 0.3) is 0 Å². The molecule has 2 N–H and O–H groups in total. The second kappa shape index (κ2) is 6.02. The molecule has 0 aliphatic heterocycles. The Bertz CT molecular complexity index is 500. The van der Waals surface area contributed by atoms with Gasteiger partial charge in [-0.15, -0.1) is 0 Å². The van der Waals surface area contributed by atoms with Gasteiger partial charge >= 0.3 is 5.97 Å². The molecular formula is C13H19N3O4. The Kier molecular flexibility index (Phi) is 4.36. The van der Waals surface area contributed by atoms with Gasteiger partial charge in [0.15, 0.2) is 5.82 Å². The molecule has 1 aliphatic carbocycles. The standard InChI is InChI=1S/C13H19N3O4/c1-7(12-15-8(2)16-20-12)14-11(17)9-4-3-5-10(6-9)13(18)19/h7,9-10H,3-6H2,1-2H3,(H,14,17)(H,18,19). The van der Waals surface area contributed by atoms with E-state index in [0.29, 0.717) is 24.6 Å². The van der Waals surface area contributed by atoms with Gasteiger partial charge in [-0.25, -0.2) is 0 Å². The fraction of sp³-hybridized carbons (Fsp3) is 0.692. The van der Waals surface area contributed by atoms with Crippen LogP contribution < -0.4 is 5.32 Å². The summed E-state index contributed by atoms with van der Waals surface area (Å²) in [6.07, 6.45) is 2.54. The predicted octanol–water partition coefficient (Wildman–Crippen LogP) is 1.45. The maximum Gasteiger partial charge on any atom is 0.306 e. The lowest BCUT2D eigenvalue weighted by Gasteiger charge is -2.26. The van der Waals surface area contributed by atoms with E-state index in [1.54, 1.807) is 13.8 Å². The van der Waals surface area contributed by atoms with Crippen LogP contribution >= 0.6 is 0 Å². The van der Waals surface area contributed by atoms with Crippen molar-refractivity contribution in [1.82, 2.24) is 15.5 Å². The largest absolute Gasteiger partial charge is 0.481 e. The first-order chi connectivity index (χ1) is 9.47. The van der Waals surface area contributed by atoms with Gasteiger partial charge in [-0.3, -0.25) is 9.59 Å². The number of amides is 1. The van der Waals surface area contributed by atoms with E-state index in [-0.39, 0.29) is 17.9 Å². The minimum absolute atomic E-state index is 0.140. The summed E-state index contributed by atoms with van der Waals surface area (Å²) in [5, 5.41) is 15.5. The molecule has 20 heavy (non-hydrogen) atoms. The molecule has 1 fully saturated rings. The molecule has 2 rings (SSSR count). The van der Waals surface area contributed by atoms with Gasteiger partial charge in [0.25, 0.3) is 0 Å². The van der Waals surface area contributed by atoms with E-state index in [2.05, 4.69) is 15.5 Å². The van der Waals surface area contributed by atoms with Gasteiger partial charge in [0.1, 0.15) is 6.04 Å². The molecule has 110 valence electrons. The highest BCUT2D eigenvalue weighted by molar-refractivity contribution is 5.80. The van der Waals surface area contributed by atoms with Gasteiger partial charge in [0, 0.05) is 5.92 Å². The molecule has 1 amide bonds. The molecule has 1 aromatic heterocycles. The van der Waals surface area contributed by atoms with Crippen molar-refractivity contribution in [2.45, 2.75) is 45.6 Å². The number of nitrogens with one attached hydrogen (secondary N) is 1. The van der Waals surface area contributed by atoms with E-state index >= 15 is 0 Å². The zero-order chi connectivity index (χ0) is 14.7. The third-order valence-corrected chi connectivity index (χ3v) is 3.67. The number of carbonyl (C=O) groups excluding carboxylic acids is 1. The Morgan fingerprint density at radius 1 is 1.40 bits per heavy atom. The number of aromatic nitrogens is 2. The monoisotopic (exact) mass is 281 g/mol. The highest BCUT2D eigenvalue weighted by Gasteiger charge is 2.32. The van der Waals surface area contributed by atoms with Crippen molar-refractivity contribution in [2.24, 2.45) is 11.8 Å². The first kappa shape index (κ1) is 14.5. The van der Waals surface area contributed by atoms with Crippen molar-refractivity contribution >= 4 is 11.9 Å². The van der Waals surface area contributed by atoms with Gasteiger partial charge in [0.05, 0.1) is 5.92 Å². The van der Waals surface area contributed by atoms with Crippen LogP contribution in [0.4, 0.5) is 0 Å². The average Bonchev–Trinajstić information content (AvgIpc) is 2.85. The summed E-state index contributed by atoms with van der Waals surface area (Å²) in [6, 6.07) is -0.367. The summed E-state index contributed by atoms with van der Waals surface area (Å²) in [4.78, 5) is 27.2. The van der Waals surface area contributed by atoms with E-state index in [4.69, 9.17) is 9.63 Å². The van der Waals surface area contributed by atoms with Gasteiger partial charge < -0.3 is 14.9 Å². The zero-order valence-electron chi connectivity index (χ0n) is 11.6. The Labute approximate surface area is 116 Å². The summed E-state index contributed by atoms with van der Waals surface area (Å²) >= 11 is 0. The van der Waals surface area contributed by atoms with Crippen LogP contribution in [0.3, 0.4) is 0 Å². The van der Waals surface area contributed by atoms with Crippen molar-refractivity contribution in [2.75, 3.05) is 0 Å². The molecule has 3 unspecified atom stereocenters. The fourth-order valence-corrected chi connectivity index (χ4v) is 2.53. The number of carboxylic acids is 1. The Morgan fingerprint density at radius 2 is 2.10 bits per heavy atom. The first-order valence-electron chi connectivity index (χ1n) is 6.80. The number of aryl methyl sites for hydroxylation is 1. The van der Waals surface area contributed by atoms with Gasteiger partial charge in [-0.1, -0.05) is 11.6 Å². The highest BCUT2D eigenvalue weighted by Crippen LogP contribution is 2.29. The van der Waals surface area contributed by atoms with E-state index in [9.17, 15) is 9.59 Å². The number of aliphatic carboxylic acids is 1. The molecule has 7 nitrogen and oxygen atoms in total. The van der Waals surface area contributed by atoms with Crippen molar-refractivity contribution in [3.05, 3.63) is 11.7 Å². The molecular weight excluding hydrogens is 262 g/mol. The normalized spacial score (nSPS) is 24.1. The van der Waals surface area contributed by atoms with Crippen LogP contribution in [-0.4, -0.2) is 27.1 Å². The lowest BCUT2D eigenvalue weighted by atomic mass is 9.81. The zero-order valence-corrected chi connectivity index (χ0v) is 11.6. The highest BCUT2D eigenvalue weighted by atomic mass is 16.5. The molecule has 0 bridgehead atoms. The molecule has 1 heterocycles. The molecule has 0 spiro atoms. The molecule has 0 radical (unpaired) electrons. The number of hydrogen-bond acceptors (Lipinski definition) is 5. The SMILES string of the molecule is Cc1noc(C(C)NC(=O)C2CCCC(C(=O)O)C2)n1. The van der Waals surface area contributed by atoms with Crippen molar-refractivity contribution in [3.63, 3.8) is 0 Å². The molecule has 3 atom stereocenters. The maximum atomic E-state index is 12.2. The third-order valence-electron chi connectivity index (χ3n) is 3.67. The molecule has 1 aliphatic rings. The van der Waals surface area contributed by atoms with Crippen molar-refractivity contribution in [1.29, 1.82) is 0 Å². The quantitative estimate of drug-likeness (QED) is 0.865. The lowest BCUT2D eigenvalue weighted by Crippen LogP contribution is -2.36. The van der Waals surface area contributed by atoms with Gasteiger partial charge in [-0.05, 0) is 33.1 Å². The van der Waals surface area contributed by atoms with Crippen molar-refractivity contribution < 1.29 is 19.2 Å². The second-order valence-corrected chi connectivity index (χ2v) is 5.31. The molecule has 7 heteroatoms. The van der Waals surface area contributed by atoms with Crippen LogP contribution in [0.2, 0.25) is 0 Å². The van der Waals surface area contributed by atoms with Crippen molar-refractivity contribution in [3.8, 4) is 0 Å². The fourth-order valence-electron chi connectivity index (χ4n) is 2.53. The Morgan fingerprint density at radius 3 is 2.70 bits per heavy atom. The minimum Gasteiger partial charge on any atom is -0.481 e. The van der Waals surface area contributed by atoms with Crippen LogP contribution in [0.15, 0.2) is 4.52 Å². The van der Waals surface area contributed by atoms with Gasteiger partial charge in [0.2, 0.25) is 11.8 Å². The molecule has 0 aromatic carbocycles. The Balaban J connectivity index is 1.92. The summed E-state index contributed by atoms with van der Waals surface area (Å²) in [7, 11) is 0.